The lowest BCUT2D eigenvalue weighted by Gasteiger charge is -2.17. The number of amides is 1. The van der Waals surface area contributed by atoms with Crippen LogP contribution in [0.5, 0.6) is 5.75 Å². The number of carbonyl (C=O) groups excluding carboxylic acids is 1. The molecule has 192 valence electrons. The van der Waals surface area contributed by atoms with Crippen molar-refractivity contribution >= 4 is 11.7 Å². The van der Waals surface area contributed by atoms with Gasteiger partial charge < -0.3 is 29.7 Å². The number of rotatable bonds is 10. The third kappa shape index (κ3) is 6.00. The normalized spacial score (nSPS) is 14.2. The summed E-state index contributed by atoms with van der Waals surface area (Å²) < 4.78 is 11.5. The number of hydrogen-bond donors (Lipinski definition) is 3. The molecule has 1 fully saturated rings. The molecular formula is C26H33N5O5. The quantitative estimate of drug-likeness (QED) is 0.388. The van der Waals surface area contributed by atoms with Crippen LogP contribution in [0.2, 0.25) is 0 Å². The zero-order valence-electron chi connectivity index (χ0n) is 21.0. The number of aryl methyl sites for hydroxylation is 3. The van der Waals surface area contributed by atoms with Gasteiger partial charge in [-0.2, -0.15) is 4.98 Å². The van der Waals surface area contributed by atoms with Crippen LogP contribution in [-0.4, -0.2) is 70.2 Å². The van der Waals surface area contributed by atoms with E-state index in [1.54, 1.807) is 0 Å². The van der Waals surface area contributed by atoms with Crippen LogP contribution in [0.4, 0.5) is 5.82 Å². The summed E-state index contributed by atoms with van der Waals surface area (Å²) in [5.74, 6) is 2.00. The van der Waals surface area contributed by atoms with Crippen molar-refractivity contribution < 1.29 is 24.3 Å². The molecule has 1 amide bonds. The van der Waals surface area contributed by atoms with Crippen molar-refractivity contribution in [3.8, 4) is 28.6 Å². The number of pyridine rings is 1. The fourth-order valence-electron chi connectivity index (χ4n) is 4.31. The Kier molecular flexibility index (Phi) is 8.17. The molecule has 3 heterocycles. The maximum Gasteiger partial charge on any atom is 0.258 e. The minimum absolute atomic E-state index is 0.00241. The lowest BCUT2D eigenvalue weighted by molar-refractivity contribution is -0.124. The summed E-state index contributed by atoms with van der Waals surface area (Å²) >= 11 is 0. The van der Waals surface area contributed by atoms with E-state index in [4.69, 9.17) is 14.4 Å². The van der Waals surface area contributed by atoms with Crippen molar-refractivity contribution in [2.24, 2.45) is 0 Å². The molecule has 0 saturated carbocycles. The van der Waals surface area contributed by atoms with Gasteiger partial charge in [0.15, 0.2) is 0 Å². The van der Waals surface area contributed by atoms with Gasteiger partial charge >= 0.3 is 0 Å². The van der Waals surface area contributed by atoms with Crippen molar-refractivity contribution in [2.75, 3.05) is 37.7 Å². The van der Waals surface area contributed by atoms with Gasteiger partial charge in [-0.3, -0.25) is 4.79 Å². The topological polar surface area (TPSA) is 134 Å². The average molecular weight is 496 g/mol. The number of aliphatic hydroxyl groups is 2. The summed E-state index contributed by atoms with van der Waals surface area (Å²) in [5.41, 5.74) is 4.38. The highest BCUT2D eigenvalue weighted by Crippen LogP contribution is 2.32. The first kappa shape index (κ1) is 25.6. The molecule has 1 atom stereocenters. The molecule has 0 spiro atoms. The summed E-state index contributed by atoms with van der Waals surface area (Å²) in [4.78, 5) is 22.8. The fraction of sp³-hybridized carbons (Fsp3) is 0.462. The lowest BCUT2D eigenvalue weighted by Crippen LogP contribution is -2.36. The van der Waals surface area contributed by atoms with Gasteiger partial charge in [0.2, 0.25) is 11.7 Å². The molecule has 10 heteroatoms. The van der Waals surface area contributed by atoms with Gasteiger partial charge in [0.25, 0.3) is 5.89 Å². The zero-order valence-corrected chi connectivity index (χ0v) is 21.0. The minimum Gasteiger partial charge on any atom is -0.490 e. The smallest absolute Gasteiger partial charge is 0.258 e. The number of benzene rings is 1. The Morgan fingerprint density at radius 3 is 2.67 bits per heavy atom. The van der Waals surface area contributed by atoms with Gasteiger partial charge in [-0.1, -0.05) is 12.1 Å². The second-order valence-corrected chi connectivity index (χ2v) is 9.03. The minimum atomic E-state index is -0.904. The standard InChI is InChI=1S/C26H33N5O5/c1-4-18-11-19(9-16(2)24(18)35-15-21(33)13-27-23(34)14-32)25-29-26(36-30-25)20-10-17(3)28-22(12-20)31-7-5-6-8-31/h9-12,21,32-33H,4-8,13-15H2,1-3H3,(H,27,34)/t21-/m1/s1. The summed E-state index contributed by atoms with van der Waals surface area (Å²) in [7, 11) is 0. The van der Waals surface area contributed by atoms with Gasteiger partial charge in [-0.15, -0.1) is 0 Å². The summed E-state index contributed by atoms with van der Waals surface area (Å²) in [6.45, 7) is 7.31. The molecule has 2 aromatic heterocycles. The van der Waals surface area contributed by atoms with E-state index in [1.807, 2.05) is 45.0 Å². The third-order valence-corrected chi connectivity index (χ3v) is 6.13. The van der Waals surface area contributed by atoms with E-state index in [-0.39, 0.29) is 13.2 Å². The molecule has 3 aromatic rings. The molecule has 36 heavy (non-hydrogen) atoms. The van der Waals surface area contributed by atoms with Crippen molar-refractivity contribution in [2.45, 2.75) is 46.1 Å². The number of nitrogens with zero attached hydrogens (tertiary/aromatic N) is 4. The molecule has 0 radical (unpaired) electrons. The van der Waals surface area contributed by atoms with Crippen LogP contribution in [0.3, 0.4) is 0 Å². The molecule has 4 rings (SSSR count). The Hall–Kier alpha value is -3.50. The molecular weight excluding hydrogens is 462 g/mol. The highest BCUT2D eigenvalue weighted by Gasteiger charge is 2.19. The van der Waals surface area contributed by atoms with Crippen LogP contribution < -0.4 is 15.0 Å². The van der Waals surface area contributed by atoms with Crippen LogP contribution in [-0.2, 0) is 11.2 Å². The molecule has 1 aromatic carbocycles. The van der Waals surface area contributed by atoms with Gasteiger partial charge in [0.1, 0.15) is 30.9 Å². The van der Waals surface area contributed by atoms with Crippen molar-refractivity contribution in [3.63, 3.8) is 0 Å². The Morgan fingerprint density at radius 1 is 1.17 bits per heavy atom. The highest BCUT2D eigenvalue weighted by molar-refractivity contribution is 5.76. The molecule has 0 unspecified atom stereocenters. The second kappa shape index (κ2) is 11.5. The monoisotopic (exact) mass is 495 g/mol. The molecule has 1 saturated heterocycles. The van der Waals surface area contributed by atoms with Gasteiger partial charge in [-0.05, 0) is 68.5 Å². The highest BCUT2D eigenvalue weighted by atomic mass is 16.5. The maximum absolute atomic E-state index is 11.2. The van der Waals surface area contributed by atoms with E-state index in [1.165, 1.54) is 12.8 Å². The Bertz CT molecular complexity index is 1210. The van der Waals surface area contributed by atoms with E-state index in [9.17, 15) is 9.90 Å². The molecule has 1 aliphatic rings. The third-order valence-electron chi connectivity index (χ3n) is 6.13. The van der Waals surface area contributed by atoms with Crippen LogP contribution >= 0.6 is 0 Å². The van der Waals surface area contributed by atoms with Crippen molar-refractivity contribution in [1.29, 1.82) is 0 Å². The lowest BCUT2D eigenvalue weighted by atomic mass is 10.0. The number of aromatic nitrogens is 3. The van der Waals surface area contributed by atoms with Gasteiger partial charge in [0.05, 0.1) is 0 Å². The van der Waals surface area contributed by atoms with E-state index < -0.39 is 18.6 Å². The summed E-state index contributed by atoms with van der Waals surface area (Å²) in [5, 5.41) is 25.5. The number of nitrogens with one attached hydrogen (secondary N) is 1. The number of hydrogen-bond acceptors (Lipinski definition) is 9. The van der Waals surface area contributed by atoms with Crippen molar-refractivity contribution in [3.05, 3.63) is 41.1 Å². The van der Waals surface area contributed by atoms with Crippen molar-refractivity contribution in [1.82, 2.24) is 20.4 Å². The van der Waals surface area contributed by atoms with E-state index >= 15 is 0 Å². The van der Waals surface area contributed by atoms with E-state index in [2.05, 4.69) is 25.3 Å². The van der Waals surface area contributed by atoms with E-state index in [0.717, 1.165) is 46.9 Å². The number of ether oxygens (including phenoxy) is 1. The van der Waals surface area contributed by atoms with Gasteiger partial charge in [0, 0.05) is 36.5 Å². The molecule has 1 aliphatic heterocycles. The Labute approximate surface area is 210 Å². The first-order valence-electron chi connectivity index (χ1n) is 12.3. The molecule has 3 N–H and O–H groups in total. The maximum atomic E-state index is 11.2. The molecule has 0 aliphatic carbocycles. The average Bonchev–Trinajstić information content (AvgIpc) is 3.58. The first-order chi connectivity index (χ1) is 17.4. The zero-order chi connectivity index (χ0) is 25.7. The second-order valence-electron chi connectivity index (χ2n) is 9.03. The Morgan fingerprint density at radius 2 is 1.94 bits per heavy atom. The number of aliphatic hydroxyl groups excluding tert-OH is 2. The summed E-state index contributed by atoms with van der Waals surface area (Å²) in [6, 6.07) is 7.84. The molecule has 10 nitrogen and oxygen atoms in total. The Balaban J connectivity index is 1.51. The fourth-order valence-corrected chi connectivity index (χ4v) is 4.31. The number of carbonyl (C=O) groups is 1. The predicted molar refractivity (Wildman–Crippen MR) is 135 cm³/mol. The first-order valence-corrected chi connectivity index (χ1v) is 12.3. The van der Waals surface area contributed by atoms with Crippen LogP contribution in [0.1, 0.15) is 36.6 Å². The van der Waals surface area contributed by atoms with Crippen LogP contribution in [0, 0.1) is 13.8 Å². The molecule has 0 bridgehead atoms. The van der Waals surface area contributed by atoms with E-state index in [0.29, 0.717) is 23.9 Å². The summed E-state index contributed by atoms with van der Waals surface area (Å²) in [6.07, 6.45) is 2.15. The largest absolute Gasteiger partial charge is 0.490 e. The van der Waals surface area contributed by atoms with Crippen LogP contribution in [0.25, 0.3) is 22.8 Å². The number of anilines is 1. The van der Waals surface area contributed by atoms with Crippen LogP contribution in [0.15, 0.2) is 28.8 Å². The SMILES string of the molecule is CCc1cc(-c2noc(-c3cc(C)nc(N4CCCC4)c3)n2)cc(C)c1OC[C@H](O)CNC(=O)CO. The predicted octanol–water partition coefficient (Wildman–Crippen LogP) is 2.43. The van der Waals surface area contributed by atoms with Gasteiger partial charge in [-0.25, -0.2) is 4.98 Å².